The van der Waals surface area contributed by atoms with E-state index >= 15 is 4.39 Å². The summed E-state index contributed by atoms with van der Waals surface area (Å²) in [6, 6.07) is 15.0. The topological polar surface area (TPSA) is 74.8 Å². The van der Waals surface area contributed by atoms with Gasteiger partial charge in [0, 0.05) is 57.9 Å². The van der Waals surface area contributed by atoms with Crippen molar-refractivity contribution in [3.8, 4) is 5.75 Å². The molecule has 3 fully saturated rings. The average Bonchev–Trinajstić information content (AvgIpc) is 3.20. The van der Waals surface area contributed by atoms with E-state index < -0.39 is 5.60 Å². The molecule has 2 atom stereocenters. The van der Waals surface area contributed by atoms with E-state index in [1.807, 2.05) is 57.2 Å². The third kappa shape index (κ3) is 7.22. The second kappa shape index (κ2) is 12.5. The van der Waals surface area contributed by atoms with E-state index in [9.17, 15) is 9.59 Å². The summed E-state index contributed by atoms with van der Waals surface area (Å²) < 4.78 is 32.6. The number of ether oxygens (including phenoxy) is 3. The number of amides is 2. The molecule has 222 valence electrons. The molecule has 2 aromatic carbocycles. The molecule has 3 aliphatic heterocycles. The molecule has 2 amide bonds. The van der Waals surface area contributed by atoms with Crippen LogP contribution in [-0.4, -0.2) is 97.0 Å². The molecule has 9 nitrogen and oxygen atoms in total. The van der Waals surface area contributed by atoms with Crippen LogP contribution in [0.25, 0.3) is 0 Å². The van der Waals surface area contributed by atoms with E-state index in [2.05, 4.69) is 9.80 Å². The highest BCUT2D eigenvalue weighted by Gasteiger charge is 2.43. The summed E-state index contributed by atoms with van der Waals surface area (Å²) in [6.07, 6.45) is 1.20. The Morgan fingerprint density at radius 3 is 2.22 bits per heavy atom. The number of carbonyl (C=O) groups is 2. The Labute approximate surface area is 241 Å². The van der Waals surface area contributed by atoms with Gasteiger partial charge >= 0.3 is 12.2 Å². The number of nitrogens with zero attached hydrogens (tertiary/aromatic N) is 4. The summed E-state index contributed by atoms with van der Waals surface area (Å²) in [5.41, 5.74) is 0.942. The predicted molar refractivity (Wildman–Crippen MR) is 154 cm³/mol. The zero-order chi connectivity index (χ0) is 29.0. The molecule has 10 heteroatoms. The third-order valence-electron chi connectivity index (χ3n) is 7.86. The van der Waals surface area contributed by atoms with Crippen molar-refractivity contribution in [1.82, 2.24) is 14.7 Å². The van der Waals surface area contributed by atoms with Crippen molar-refractivity contribution in [2.75, 3.05) is 57.3 Å². The van der Waals surface area contributed by atoms with Gasteiger partial charge in [-0.2, -0.15) is 0 Å². The summed E-state index contributed by atoms with van der Waals surface area (Å²) >= 11 is 0. The Morgan fingerprint density at radius 1 is 0.878 bits per heavy atom. The van der Waals surface area contributed by atoms with Gasteiger partial charge in [0.15, 0.2) is 11.6 Å². The molecule has 0 spiro atoms. The van der Waals surface area contributed by atoms with Gasteiger partial charge in [0.25, 0.3) is 0 Å². The number of halogens is 1. The average molecular weight is 569 g/mol. The summed E-state index contributed by atoms with van der Waals surface area (Å²) in [6.45, 7) is 10.4. The minimum Gasteiger partial charge on any atom is -0.489 e. The number of carbonyl (C=O) groups excluding carboxylic acids is 2. The number of likely N-dealkylation sites (tertiary alicyclic amines) is 1. The van der Waals surface area contributed by atoms with Crippen LogP contribution in [0.15, 0.2) is 48.5 Å². The summed E-state index contributed by atoms with van der Waals surface area (Å²) in [5, 5.41) is 0. The fourth-order valence-electron chi connectivity index (χ4n) is 5.83. The van der Waals surface area contributed by atoms with Crippen LogP contribution in [0.5, 0.6) is 5.75 Å². The smallest absolute Gasteiger partial charge is 0.410 e. The summed E-state index contributed by atoms with van der Waals surface area (Å²) in [5.74, 6) is -0.124. The van der Waals surface area contributed by atoms with Gasteiger partial charge < -0.3 is 28.9 Å². The van der Waals surface area contributed by atoms with E-state index in [0.29, 0.717) is 58.1 Å². The predicted octanol–water partition coefficient (Wildman–Crippen LogP) is 4.75. The lowest BCUT2D eigenvalue weighted by Crippen LogP contribution is -2.56. The fourth-order valence-corrected chi connectivity index (χ4v) is 5.83. The molecular formula is C31H41FN4O5. The van der Waals surface area contributed by atoms with Crippen LogP contribution >= 0.6 is 0 Å². The first-order chi connectivity index (χ1) is 19.7. The molecule has 0 aliphatic carbocycles. The maximum Gasteiger partial charge on any atom is 0.410 e. The maximum atomic E-state index is 15.7. The third-order valence-corrected chi connectivity index (χ3v) is 7.86. The Bertz CT molecular complexity index is 1180. The van der Waals surface area contributed by atoms with Gasteiger partial charge in [-0.25, -0.2) is 14.0 Å². The molecule has 5 rings (SSSR count). The fraction of sp³-hybridized carbons (Fsp3) is 0.548. The van der Waals surface area contributed by atoms with E-state index in [4.69, 9.17) is 14.2 Å². The van der Waals surface area contributed by atoms with Crippen LogP contribution in [0.2, 0.25) is 0 Å². The Morgan fingerprint density at radius 2 is 1.56 bits per heavy atom. The van der Waals surface area contributed by atoms with Gasteiger partial charge in [-0.15, -0.1) is 0 Å². The lowest BCUT2D eigenvalue weighted by Gasteiger charge is -2.42. The first-order valence-electron chi connectivity index (χ1n) is 14.5. The van der Waals surface area contributed by atoms with Crippen molar-refractivity contribution in [1.29, 1.82) is 0 Å². The number of hydrogen-bond acceptors (Lipinski definition) is 7. The molecule has 41 heavy (non-hydrogen) atoms. The van der Waals surface area contributed by atoms with Crippen LogP contribution in [0.4, 0.5) is 19.7 Å². The number of benzene rings is 2. The van der Waals surface area contributed by atoms with Crippen LogP contribution in [0, 0.1) is 5.82 Å². The molecule has 3 aliphatic rings. The lowest BCUT2D eigenvalue weighted by molar-refractivity contribution is 0.0209. The van der Waals surface area contributed by atoms with E-state index in [1.165, 1.54) is 0 Å². The van der Waals surface area contributed by atoms with Gasteiger partial charge in [-0.3, -0.25) is 4.90 Å². The van der Waals surface area contributed by atoms with E-state index in [1.54, 1.807) is 21.9 Å². The number of anilines is 1. The SMILES string of the molecule is CC(C)(C)OC(=O)N1CC2CCC(C1)N2c1cccc(OCCN2CCN(C(=O)OCc3ccccc3)CC2)c1F. The lowest BCUT2D eigenvalue weighted by atomic mass is 10.1. The monoisotopic (exact) mass is 568 g/mol. The van der Waals surface area contributed by atoms with Crippen molar-refractivity contribution >= 4 is 17.9 Å². The first kappa shape index (κ1) is 29.0. The van der Waals surface area contributed by atoms with Crippen molar-refractivity contribution in [3.63, 3.8) is 0 Å². The Balaban J connectivity index is 1.08. The standard InChI is InChI=1S/C31H41FN4O5/c1-31(2,3)41-30(38)35-20-24-12-13-25(21-35)36(24)26-10-7-11-27(28(26)32)39-19-18-33-14-16-34(17-15-33)29(37)40-22-23-8-5-4-6-9-23/h4-11,24-25H,12-22H2,1-3H3. The second-order valence-electron chi connectivity index (χ2n) is 12.0. The van der Waals surface area contributed by atoms with Crippen molar-refractivity contribution < 1.29 is 28.2 Å². The van der Waals surface area contributed by atoms with Crippen LogP contribution in [0.1, 0.15) is 39.2 Å². The molecule has 2 aromatic rings. The largest absolute Gasteiger partial charge is 0.489 e. The van der Waals surface area contributed by atoms with Crippen molar-refractivity contribution in [2.45, 2.75) is 57.9 Å². The van der Waals surface area contributed by atoms with Crippen molar-refractivity contribution in [3.05, 3.63) is 59.9 Å². The molecule has 3 heterocycles. The minimum absolute atomic E-state index is 0.0432. The number of rotatable bonds is 7. The first-order valence-corrected chi connectivity index (χ1v) is 14.5. The van der Waals surface area contributed by atoms with E-state index in [0.717, 1.165) is 18.4 Å². The van der Waals surface area contributed by atoms with Gasteiger partial charge in [0.05, 0.1) is 5.69 Å². The molecule has 0 aromatic heterocycles. The van der Waals surface area contributed by atoms with Crippen LogP contribution in [-0.2, 0) is 16.1 Å². The highest BCUT2D eigenvalue weighted by atomic mass is 19.1. The number of piperazine rings is 2. The van der Waals surface area contributed by atoms with Crippen LogP contribution in [0.3, 0.4) is 0 Å². The quantitative estimate of drug-likeness (QED) is 0.477. The van der Waals surface area contributed by atoms with E-state index in [-0.39, 0.29) is 42.4 Å². The molecule has 2 unspecified atom stereocenters. The highest BCUT2D eigenvalue weighted by Crippen LogP contribution is 2.38. The van der Waals surface area contributed by atoms with Crippen LogP contribution < -0.4 is 9.64 Å². The second-order valence-corrected chi connectivity index (χ2v) is 12.0. The molecular weight excluding hydrogens is 527 g/mol. The normalized spacial score (nSPS) is 21.1. The Kier molecular flexibility index (Phi) is 8.87. The van der Waals surface area contributed by atoms with Gasteiger partial charge in [-0.05, 0) is 51.3 Å². The summed E-state index contributed by atoms with van der Waals surface area (Å²) in [4.78, 5) is 32.9. The van der Waals surface area contributed by atoms with Gasteiger partial charge in [0.1, 0.15) is 18.8 Å². The van der Waals surface area contributed by atoms with Gasteiger partial charge in [0.2, 0.25) is 0 Å². The Hall–Kier alpha value is -3.53. The minimum atomic E-state index is -0.549. The summed E-state index contributed by atoms with van der Waals surface area (Å²) in [7, 11) is 0. The highest BCUT2D eigenvalue weighted by molar-refractivity contribution is 5.69. The molecule has 0 radical (unpaired) electrons. The molecule has 2 bridgehead atoms. The molecule has 3 saturated heterocycles. The molecule has 0 N–H and O–H groups in total. The van der Waals surface area contributed by atoms with Crippen molar-refractivity contribution in [2.24, 2.45) is 0 Å². The zero-order valence-corrected chi connectivity index (χ0v) is 24.3. The number of fused-ring (bicyclic) bond motifs is 2. The number of hydrogen-bond donors (Lipinski definition) is 0. The zero-order valence-electron chi connectivity index (χ0n) is 24.3. The maximum absolute atomic E-state index is 15.7. The molecule has 0 saturated carbocycles. The van der Waals surface area contributed by atoms with Gasteiger partial charge in [-0.1, -0.05) is 36.4 Å².